The van der Waals surface area contributed by atoms with Gasteiger partial charge in [-0.15, -0.1) is 11.3 Å². The van der Waals surface area contributed by atoms with Crippen LogP contribution in [0.15, 0.2) is 66.0 Å². The molecule has 34 heavy (non-hydrogen) atoms. The molecule has 1 aromatic heterocycles. The molecule has 0 atom stereocenters. The maximum Gasteiger partial charge on any atom is 0.257 e. The Kier molecular flexibility index (Phi) is 7.23. The van der Waals surface area contributed by atoms with E-state index in [1.54, 1.807) is 6.07 Å². The van der Waals surface area contributed by atoms with Crippen molar-refractivity contribution in [3.05, 3.63) is 88.6 Å². The van der Waals surface area contributed by atoms with Gasteiger partial charge in [-0.3, -0.25) is 10.1 Å². The van der Waals surface area contributed by atoms with Gasteiger partial charge in [0.2, 0.25) is 0 Å². The number of thiazole rings is 1. The number of anilines is 1. The van der Waals surface area contributed by atoms with E-state index in [1.165, 1.54) is 29.5 Å². The molecule has 0 aliphatic heterocycles. The van der Waals surface area contributed by atoms with Crippen LogP contribution in [0.3, 0.4) is 0 Å². The zero-order valence-electron chi connectivity index (χ0n) is 19.2. The van der Waals surface area contributed by atoms with Gasteiger partial charge in [0.1, 0.15) is 23.1 Å². The fourth-order valence-electron chi connectivity index (χ4n) is 3.59. The Morgan fingerprint density at radius 2 is 1.71 bits per heavy atom. The Balaban J connectivity index is 1.48. The molecule has 0 radical (unpaired) electrons. The van der Waals surface area contributed by atoms with E-state index in [0.29, 0.717) is 11.7 Å². The minimum absolute atomic E-state index is 0.246. The monoisotopic (exact) mass is 476 g/mol. The zero-order valence-corrected chi connectivity index (χ0v) is 20.0. The van der Waals surface area contributed by atoms with Gasteiger partial charge in [-0.1, -0.05) is 13.0 Å². The van der Waals surface area contributed by atoms with Crippen molar-refractivity contribution in [1.29, 1.82) is 0 Å². The van der Waals surface area contributed by atoms with E-state index in [-0.39, 0.29) is 5.56 Å². The van der Waals surface area contributed by atoms with E-state index in [4.69, 9.17) is 9.47 Å². The summed E-state index contributed by atoms with van der Waals surface area (Å²) in [6.45, 7) is 6.76. The standard InChI is InChI=1S/C27H25FN2O3S/c1-4-12-32-21-8-10-22(11-9-21)33-23-13-17(2)25(18(3)14-23)24-16-34-27(29-24)30-26(31)19-6-5-7-20(28)15-19/h5-11,13-16H,4,12H2,1-3H3,(H,29,30,31). The van der Waals surface area contributed by atoms with E-state index in [9.17, 15) is 9.18 Å². The fraction of sp³-hybridized carbons (Fsp3) is 0.185. The van der Waals surface area contributed by atoms with Gasteiger partial charge in [-0.25, -0.2) is 9.37 Å². The van der Waals surface area contributed by atoms with Crippen LogP contribution in [-0.2, 0) is 0 Å². The van der Waals surface area contributed by atoms with Crippen molar-refractivity contribution in [2.24, 2.45) is 0 Å². The smallest absolute Gasteiger partial charge is 0.257 e. The van der Waals surface area contributed by atoms with Crippen LogP contribution in [-0.4, -0.2) is 17.5 Å². The van der Waals surface area contributed by atoms with Crippen molar-refractivity contribution < 1.29 is 18.7 Å². The number of nitrogens with zero attached hydrogens (tertiary/aromatic N) is 1. The quantitative estimate of drug-likeness (QED) is 0.288. The van der Waals surface area contributed by atoms with Crippen LogP contribution in [0.2, 0.25) is 0 Å². The molecule has 174 valence electrons. The van der Waals surface area contributed by atoms with Gasteiger partial charge >= 0.3 is 0 Å². The predicted molar refractivity (Wildman–Crippen MR) is 134 cm³/mol. The molecule has 0 saturated carbocycles. The minimum atomic E-state index is -0.457. The first kappa shape index (κ1) is 23.4. The average Bonchev–Trinajstić information content (AvgIpc) is 3.26. The normalized spacial score (nSPS) is 10.7. The molecule has 0 aliphatic carbocycles. The lowest BCUT2D eigenvalue weighted by Crippen LogP contribution is -2.11. The zero-order chi connectivity index (χ0) is 24.1. The summed E-state index contributed by atoms with van der Waals surface area (Å²) >= 11 is 1.32. The first-order valence-electron chi connectivity index (χ1n) is 11.0. The Morgan fingerprint density at radius 3 is 2.38 bits per heavy atom. The minimum Gasteiger partial charge on any atom is -0.494 e. The third-order valence-corrected chi connectivity index (χ3v) is 5.86. The third-order valence-electron chi connectivity index (χ3n) is 5.11. The molecule has 0 unspecified atom stereocenters. The number of hydrogen-bond acceptors (Lipinski definition) is 5. The number of aromatic nitrogens is 1. The first-order chi connectivity index (χ1) is 16.4. The summed E-state index contributed by atoms with van der Waals surface area (Å²) in [6.07, 6.45) is 0.961. The summed E-state index contributed by atoms with van der Waals surface area (Å²) in [7, 11) is 0. The summed E-state index contributed by atoms with van der Waals surface area (Å²) in [5, 5.41) is 5.09. The molecule has 0 spiro atoms. The lowest BCUT2D eigenvalue weighted by Gasteiger charge is -2.13. The molecular weight excluding hydrogens is 451 g/mol. The molecule has 0 bridgehead atoms. The van der Waals surface area contributed by atoms with Gasteiger partial charge in [-0.05, 0) is 86.0 Å². The number of nitrogens with one attached hydrogen (secondary N) is 1. The number of ether oxygens (including phenoxy) is 2. The first-order valence-corrected chi connectivity index (χ1v) is 11.9. The topological polar surface area (TPSA) is 60.5 Å². The average molecular weight is 477 g/mol. The van der Waals surface area contributed by atoms with E-state index in [1.807, 2.05) is 55.6 Å². The molecule has 4 aromatic rings. The SMILES string of the molecule is CCCOc1ccc(Oc2cc(C)c(-c3csc(NC(=O)c4cccc(F)c4)n3)c(C)c2)cc1. The lowest BCUT2D eigenvalue weighted by molar-refractivity contribution is 0.102. The fourth-order valence-corrected chi connectivity index (χ4v) is 4.29. The maximum absolute atomic E-state index is 13.4. The van der Waals surface area contributed by atoms with E-state index in [0.717, 1.165) is 46.1 Å². The van der Waals surface area contributed by atoms with Crippen molar-refractivity contribution in [1.82, 2.24) is 4.98 Å². The Hall–Kier alpha value is -3.71. The van der Waals surface area contributed by atoms with Gasteiger partial charge in [0.15, 0.2) is 5.13 Å². The Morgan fingerprint density at radius 1 is 1.00 bits per heavy atom. The highest BCUT2D eigenvalue weighted by atomic mass is 32.1. The molecule has 0 saturated heterocycles. The molecule has 1 N–H and O–H groups in total. The summed E-state index contributed by atoms with van der Waals surface area (Å²) in [6, 6.07) is 17.1. The van der Waals surface area contributed by atoms with Crippen molar-refractivity contribution in [2.75, 3.05) is 11.9 Å². The Labute approximate surface area is 202 Å². The summed E-state index contributed by atoms with van der Waals surface area (Å²) < 4.78 is 25.1. The van der Waals surface area contributed by atoms with Gasteiger partial charge in [0.25, 0.3) is 5.91 Å². The van der Waals surface area contributed by atoms with Gasteiger partial charge < -0.3 is 9.47 Å². The van der Waals surface area contributed by atoms with Crippen LogP contribution in [0.5, 0.6) is 17.2 Å². The van der Waals surface area contributed by atoms with Gasteiger partial charge in [-0.2, -0.15) is 0 Å². The van der Waals surface area contributed by atoms with Gasteiger partial charge in [0, 0.05) is 16.5 Å². The van der Waals surface area contributed by atoms with E-state index < -0.39 is 11.7 Å². The van der Waals surface area contributed by atoms with Crippen molar-refractivity contribution in [3.8, 4) is 28.5 Å². The van der Waals surface area contributed by atoms with Crippen molar-refractivity contribution in [2.45, 2.75) is 27.2 Å². The van der Waals surface area contributed by atoms with Crippen molar-refractivity contribution in [3.63, 3.8) is 0 Å². The number of rotatable bonds is 8. The molecular formula is C27H25FN2O3S. The number of hydrogen-bond donors (Lipinski definition) is 1. The van der Waals surface area contributed by atoms with E-state index >= 15 is 0 Å². The molecule has 1 amide bonds. The second-order valence-electron chi connectivity index (χ2n) is 7.86. The molecule has 7 heteroatoms. The highest BCUT2D eigenvalue weighted by Crippen LogP contribution is 2.34. The lowest BCUT2D eigenvalue weighted by atomic mass is 10.0. The second-order valence-corrected chi connectivity index (χ2v) is 8.71. The van der Waals surface area contributed by atoms with Gasteiger partial charge in [0.05, 0.1) is 12.3 Å². The number of benzene rings is 3. The highest BCUT2D eigenvalue weighted by molar-refractivity contribution is 7.14. The second kappa shape index (κ2) is 10.5. The Bertz CT molecular complexity index is 1280. The number of carbonyl (C=O) groups is 1. The molecule has 0 aliphatic rings. The van der Waals surface area contributed by atoms with Crippen LogP contribution >= 0.6 is 11.3 Å². The van der Waals surface area contributed by atoms with E-state index in [2.05, 4.69) is 17.2 Å². The number of carbonyl (C=O) groups excluding carboxylic acids is 1. The molecule has 5 nitrogen and oxygen atoms in total. The third kappa shape index (κ3) is 5.61. The summed E-state index contributed by atoms with van der Waals surface area (Å²) in [5.41, 5.74) is 4.00. The molecule has 4 rings (SSSR count). The number of amides is 1. The van der Waals surface area contributed by atoms with Crippen LogP contribution in [0.25, 0.3) is 11.3 Å². The molecule has 0 fully saturated rings. The largest absolute Gasteiger partial charge is 0.494 e. The highest BCUT2D eigenvalue weighted by Gasteiger charge is 2.15. The molecule has 1 heterocycles. The predicted octanol–water partition coefficient (Wildman–Crippen LogP) is 7.40. The maximum atomic E-state index is 13.4. The summed E-state index contributed by atoms with van der Waals surface area (Å²) in [5.74, 6) is 1.42. The summed E-state index contributed by atoms with van der Waals surface area (Å²) in [4.78, 5) is 17.0. The van der Waals surface area contributed by atoms with Crippen LogP contribution in [0, 0.1) is 19.7 Å². The van der Waals surface area contributed by atoms with Crippen LogP contribution in [0.4, 0.5) is 9.52 Å². The van der Waals surface area contributed by atoms with Crippen LogP contribution < -0.4 is 14.8 Å². The van der Waals surface area contributed by atoms with Crippen molar-refractivity contribution >= 4 is 22.4 Å². The number of aryl methyl sites for hydroxylation is 2. The number of halogens is 1. The molecule has 3 aromatic carbocycles. The van der Waals surface area contributed by atoms with Crippen LogP contribution in [0.1, 0.15) is 34.8 Å².